The molecule has 0 aliphatic carbocycles. The van der Waals surface area contributed by atoms with E-state index in [0.717, 1.165) is 5.56 Å². The number of hydrogen-bond acceptors (Lipinski definition) is 5. The molecule has 122 valence electrons. The number of benzene rings is 1. The summed E-state index contributed by atoms with van der Waals surface area (Å²) >= 11 is 0. The first-order valence-electron chi connectivity index (χ1n) is 7.38. The quantitative estimate of drug-likeness (QED) is 0.751. The van der Waals surface area contributed by atoms with Gasteiger partial charge in [0.05, 0.1) is 18.0 Å². The van der Waals surface area contributed by atoms with Crippen molar-refractivity contribution in [3.8, 4) is 0 Å². The number of rotatable bonds is 5. The molecule has 0 radical (unpaired) electrons. The molecule has 1 aromatic rings. The van der Waals surface area contributed by atoms with Crippen LogP contribution in [0.1, 0.15) is 12.5 Å². The van der Waals surface area contributed by atoms with Crippen molar-refractivity contribution in [2.45, 2.75) is 18.7 Å². The van der Waals surface area contributed by atoms with Crippen LogP contribution in [0.4, 0.5) is 0 Å². The maximum absolute atomic E-state index is 12.5. The summed E-state index contributed by atoms with van der Waals surface area (Å²) in [6.07, 6.45) is 0. The first-order chi connectivity index (χ1) is 10.4. The number of sulfonamides is 1. The highest BCUT2D eigenvalue weighted by molar-refractivity contribution is 7.89. The Morgan fingerprint density at radius 2 is 1.73 bits per heavy atom. The van der Waals surface area contributed by atoms with E-state index in [9.17, 15) is 13.2 Å². The molecule has 7 heteroatoms. The maximum Gasteiger partial charge on any atom is 0.320 e. The van der Waals surface area contributed by atoms with Crippen molar-refractivity contribution in [2.75, 3.05) is 39.3 Å². The van der Waals surface area contributed by atoms with Crippen LogP contribution in [0.15, 0.2) is 29.2 Å². The zero-order valence-electron chi connectivity index (χ0n) is 13.0. The van der Waals surface area contributed by atoms with Gasteiger partial charge in [0.1, 0.15) is 0 Å². The van der Waals surface area contributed by atoms with Gasteiger partial charge in [0.15, 0.2) is 0 Å². The molecule has 0 bridgehead atoms. The molecule has 0 unspecified atom stereocenters. The average molecular weight is 326 g/mol. The zero-order chi connectivity index (χ0) is 16.2. The van der Waals surface area contributed by atoms with Crippen LogP contribution in [-0.4, -0.2) is 62.9 Å². The fourth-order valence-electron chi connectivity index (χ4n) is 2.38. The topological polar surface area (TPSA) is 66.9 Å². The van der Waals surface area contributed by atoms with E-state index in [1.54, 1.807) is 31.2 Å². The van der Waals surface area contributed by atoms with Crippen molar-refractivity contribution in [1.29, 1.82) is 0 Å². The van der Waals surface area contributed by atoms with Gasteiger partial charge in [-0.25, -0.2) is 8.42 Å². The summed E-state index contributed by atoms with van der Waals surface area (Å²) in [5.41, 5.74) is 1.03. The van der Waals surface area contributed by atoms with Crippen LogP contribution in [-0.2, 0) is 19.6 Å². The smallest absolute Gasteiger partial charge is 0.320 e. The van der Waals surface area contributed by atoms with E-state index in [-0.39, 0.29) is 12.5 Å². The largest absolute Gasteiger partial charge is 0.465 e. The first-order valence-corrected chi connectivity index (χ1v) is 8.82. The molecule has 0 spiro atoms. The fraction of sp³-hybridized carbons (Fsp3) is 0.533. The number of carbonyl (C=O) groups is 1. The molecule has 0 N–H and O–H groups in total. The summed E-state index contributed by atoms with van der Waals surface area (Å²) in [6.45, 7) is 6.10. The third-order valence-corrected chi connectivity index (χ3v) is 5.56. The normalized spacial score (nSPS) is 17.4. The number of piperazine rings is 1. The average Bonchev–Trinajstić information content (AvgIpc) is 2.48. The van der Waals surface area contributed by atoms with Crippen molar-refractivity contribution < 1.29 is 17.9 Å². The fourth-order valence-corrected chi connectivity index (χ4v) is 3.80. The van der Waals surface area contributed by atoms with Gasteiger partial charge in [-0.15, -0.1) is 0 Å². The van der Waals surface area contributed by atoms with Crippen molar-refractivity contribution in [3.05, 3.63) is 29.8 Å². The lowest BCUT2D eigenvalue weighted by atomic mass is 10.2. The first kappa shape index (κ1) is 16.9. The summed E-state index contributed by atoms with van der Waals surface area (Å²) in [4.78, 5) is 13.7. The highest BCUT2D eigenvalue weighted by Gasteiger charge is 2.29. The SMILES string of the molecule is CCOC(=O)CN1CCN(S(=O)(=O)c2ccc(C)cc2)CC1. The van der Waals surface area contributed by atoms with Crippen LogP contribution in [0.25, 0.3) is 0 Å². The van der Waals surface area contributed by atoms with Crippen molar-refractivity contribution in [2.24, 2.45) is 0 Å². The van der Waals surface area contributed by atoms with E-state index < -0.39 is 10.0 Å². The zero-order valence-corrected chi connectivity index (χ0v) is 13.8. The Bertz CT molecular complexity index is 605. The maximum atomic E-state index is 12.5. The molecular weight excluding hydrogens is 304 g/mol. The van der Waals surface area contributed by atoms with Crippen LogP contribution in [0.3, 0.4) is 0 Å². The van der Waals surface area contributed by atoms with Crippen LogP contribution in [0.5, 0.6) is 0 Å². The Morgan fingerprint density at radius 1 is 1.14 bits per heavy atom. The predicted octanol–water partition coefficient (Wildman–Crippen LogP) is 0.864. The van der Waals surface area contributed by atoms with Crippen molar-refractivity contribution in [3.63, 3.8) is 0 Å². The minimum absolute atomic E-state index is 0.215. The van der Waals surface area contributed by atoms with E-state index in [1.807, 2.05) is 11.8 Å². The Kier molecular flexibility index (Phi) is 5.55. The Morgan fingerprint density at radius 3 is 2.27 bits per heavy atom. The van der Waals surface area contributed by atoms with Crippen LogP contribution in [0, 0.1) is 6.92 Å². The summed E-state index contributed by atoms with van der Waals surface area (Å²) < 4.78 is 31.5. The van der Waals surface area contributed by atoms with Gasteiger partial charge in [-0.1, -0.05) is 17.7 Å². The lowest BCUT2D eigenvalue weighted by Crippen LogP contribution is -2.49. The van der Waals surface area contributed by atoms with Gasteiger partial charge in [-0.2, -0.15) is 4.31 Å². The summed E-state index contributed by atoms with van der Waals surface area (Å²) in [5.74, 6) is -0.266. The molecule has 0 saturated carbocycles. The van der Waals surface area contributed by atoms with Gasteiger partial charge in [-0.3, -0.25) is 9.69 Å². The van der Waals surface area contributed by atoms with Gasteiger partial charge in [-0.05, 0) is 26.0 Å². The summed E-state index contributed by atoms with van der Waals surface area (Å²) in [7, 11) is -3.45. The summed E-state index contributed by atoms with van der Waals surface area (Å²) in [6, 6.07) is 6.86. The highest BCUT2D eigenvalue weighted by Crippen LogP contribution is 2.18. The molecule has 1 heterocycles. The lowest BCUT2D eigenvalue weighted by molar-refractivity contribution is -0.144. The number of nitrogens with zero attached hydrogens (tertiary/aromatic N) is 2. The summed E-state index contributed by atoms with van der Waals surface area (Å²) in [5, 5.41) is 0. The number of hydrogen-bond donors (Lipinski definition) is 0. The van der Waals surface area contributed by atoms with Crippen molar-refractivity contribution >= 4 is 16.0 Å². The molecule has 0 aromatic heterocycles. The minimum atomic E-state index is -3.45. The van der Waals surface area contributed by atoms with Gasteiger partial charge in [0, 0.05) is 26.2 Å². The molecule has 0 atom stereocenters. The van der Waals surface area contributed by atoms with E-state index in [4.69, 9.17) is 4.74 Å². The number of esters is 1. The number of aryl methyl sites for hydroxylation is 1. The third kappa shape index (κ3) is 4.06. The molecule has 1 aromatic carbocycles. The Balaban J connectivity index is 1.96. The second-order valence-corrected chi connectivity index (χ2v) is 7.24. The van der Waals surface area contributed by atoms with E-state index in [0.29, 0.717) is 37.7 Å². The molecular formula is C15H22N2O4S. The number of carbonyl (C=O) groups excluding carboxylic acids is 1. The Hall–Kier alpha value is -1.44. The Labute approximate surface area is 131 Å². The minimum Gasteiger partial charge on any atom is -0.465 e. The molecule has 1 aliphatic heterocycles. The molecule has 6 nitrogen and oxygen atoms in total. The van der Waals surface area contributed by atoms with E-state index in [2.05, 4.69) is 0 Å². The van der Waals surface area contributed by atoms with Gasteiger partial charge in [0.25, 0.3) is 0 Å². The molecule has 0 amide bonds. The van der Waals surface area contributed by atoms with Crippen LogP contribution < -0.4 is 0 Å². The van der Waals surface area contributed by atoms with Gasteiger partial charge in [0.2, 0.25) is 10.0 Å². The second kappa shape index (κ2) is 7.21. The second-order valence-electron chi connectivity index (χ2n) is 5.30. The van der Waals surface area contributed by atoms with Gasteiger partial charge < -0.3 is 4.74 Å². The van der Waals surface area contributed by atoms with Crippen LogP contribution in [0.2, 0.25) is 0 Å². The van der Waals surface area contributed by atoms with E-state index >= 15 is 0 Å². The third-order valence-electron chi connectivity index (χ3n) is 3.65. The van der Waals surface area contributed by atoms with E-state index in [1.165, 1.54) is 4.31 Å². The number of ether oxygens (including phenoxy) is 1. The van der Waals surface area contributed by atoms with Gasteiger partial charge >= 0.3 is 5.97 Å². The molecule has 1 saturated heterocycles. The molecule has 1 aliphatic rings. The van der Waals surface area contributed by atoms with Crippen molar-refractivity contribution in [1.82, 2.24) is 9.21 Å². The molecule has 2 rings (SSSR count). The predicted molar refractivity (Wildman–Crippen MR) is 83.0 cm³/mol. The lowest BCUT2D eigenvalue weighted by Gasteiger charge is -2.33. The molecule has 22 heavy (non-hydrogen) atoms. The van der Waals surface area contributed by atoms with Crippen LogP contribution >= 0.6 is 0 Å². The standard InChI is InChI=1S/C15H22N2O4S/c1-3-21-15(18)12-16-8-10-17(11-9-16)22(19,20)14-6-4-13(2)5-7-14/h4-7H,3,8-12H2,1-2H3. The monoisotopic (exact) mass is 326 g/mol. The highest BCUT2D eigenvalue weighted by atomic mass is 32.2. The molecule has 1 fully saturated rings.